The standard InChI is InChI=1S/C13H24N4/c1-14-8-6-13-5-3-4-9-17(13)11-12-7-10-16(2)15-12/h7,10,13-14H,3-6,8-9,11H2,1-2H3. The molecular weight excluding hydrogens is 212 g/mol. The minimum Gasteiger partial charge on any atom is -0.320 e. The van der Waals surface area contributed by atoms with Crippen LogP contribution in [0.3, 0.4) is 0 Å². The van der Waals surface area contributed by atoms with Crippen LogP contribution in [0.15, 0.2) is 12.3 Å². The third-order valence-electron chi connectivity index (χ3n) is 3.61. The lowest BCUT2D eigenvalue weighted by atomic mass is 9.99. The van der Waals surface area contributed by atoms with Crippen LogP contribution in [0.4, 0.5) is 0 Å². The van der Waals surface area contributed by atoms with E-state index in [-0.39, 0.29) is 0 Å². The minimum atomic E-state index is 0.734. The van der Waals surface area contributed by atoms with E-state index in [1.807, 2.05) is 25.0 Å². The number of hydrogen-bond acceptors (Lipinski definition) is 3. The molecule has 1 atom stereocenters. The van der Waals surface area contributed by atoms with Gasteiger partial charge in [-0.15, -0.1) is 0 Å². The highest BCUT2D eigenvalue weighted by Crippen LogP contribution is 2.21. The molecular formula is C13H24N4. The Hall–Kier alpha value is -0.870. The Morgan fingerprint density at radius 3 is 3.06 bits per heavy atom. The van der Waals surface area contributed by atoms with E-state index in [0.717, 1.165) is 19.1 Å². The smallest absolute Gasteiger partial charge is 0.0764 e. The molecule has 0 radical (unpaired) electrons. The van der Waals surface area contributed by atoms with E-state index < -0.39 is 0 Å². The van der Waals surface area contributed by atoms with Crippen LogP contribution in [-0.4, -0.2) is 40.9 Å². The molecule has 2 rings (SSSR count). The third kappa shape index (κ3) is 3.54. The summed E-state index contributed by atoms with van der Waals surface area (Å²) in [5, 5.41) is 7.74. The van der Waals surface area contributed by atoms with E-state index in [4.69, 9.17) is 0 Å². The van der Waals surface area contributed by atoms with E-state index in [1.54, 1.807) is 0 Å². The largest absolute Gasteiger partial charge is 0.320 e. The van der Waals surface area contributed by atoms with Gasteiger partial charge in [-0.05, 0) is 45.5 Å². The van der Waals surface area contributed by atoms with Crippen molar-refractivity contribution in [3.63, 3.8) is 0 Å². The van der Waals surface area contributed by atoms with Crippen molar-refractivity contribution in [2.24, 2.45) is 7.05 Å². The van der Waals surface area contributed by atoms with Crippen LogP contribution in [0.1, 0.15) is 31.4 Å². The van der Waals surface area contributed by atoms with Crippen molar-refractivity contribution in [2.75, 3.05) is 20.1 Å². The summed E-state index contributed by atoms with van der Waals surface area (Å²) in [6, 6.07) is 2.86. The summed E-state index contributed by atoms with van der Waals surface area (Å²) in [6.45, 7) is 3.35. The van der Waals surface area contributed by atoms with Gasteiger partial charge in [0.05, 0.1) is 5.69 Å². The van der Waals surface area contributed by atoms with Crippen LogP contribution in [-0.2, 0) is 13.6 Å². The number of nitrogens with zero attached hydrogens (tertiary/aromatic N) is 3. The average Bonchev–Trinajstić information content (AvgIpc) is 2.74. The molecule has 1 unspecified atom stereocenters. The highest BCUT2D eigenvalue weighted by atomic mass is 15.3. The zero-order valence-corrected chi connectivity index (χ0v) is 11.0. The monoisotopic (exact) mass is 236 g/mol. The highest BCUT2D eigenvalue weighted by molar-refractivity contribution is 4.99. The summed E-state index contributed by atoms with van der Waals surface area (Å²) in [4.78, 5) is 2.60. The Balaban J connectivity index is 1.91. The van der Waals surface area contributed by atoms with Gasteiger partial charge in [0, 0.05) is 25.8 Å². The molecule has 1 fully saturated rings. The van der Waals surface area contributed by atoms with Crippen LogP contribution in [0.5, 0.6) is 0 Å². The molecule has 0 amide bonds. The fourth-order valence-electron chi connectivity index (χ4n) is 2.66. The number of aryl methyl sites for hydroxylation is 1. The van der Waals surface area contributed by atoms with Gasteiger partial charge in [0.15, 0.2) is 0 Å². The van der Waals surface area contributed by atoms with E-state index in [9.17, 15) is 0 Å². The number of piperidine rings is 1. The molecule has 0 bridgehead atoms. The topological polar surface area (TPSA) is 33.1 Å². The molecule has 0 spiro atoms. The maximum Gasteiger partial charge on any atom is 0.0764 e. The van der Waals surface area contributed by atoms with Crippen molar-refractivity contribution in [3.8, 4) is 0 Å². The molecule has 2 heterocycles. The molecule has 4 heteroatoms. The molecule has 1 aromatic heterocycles. The molecule has 1 aliphatic rings. The summed E-state index contributed by atoms with van der Waals surface area (Å²) in [5.41, 5.74) is 1.20. The average molecular weight is 236 g/mol. The van der Waals surface area contributed by atoms with Gasteiger partial charge >= 0.3 is 0 Å². The second-order valence-electron chi connectivity index (χ2n) is 4.99. The van der Waals surface area contributed by atoms with E-state index in [1.165, 1.54) is 37.9 Å². The molecule has 17 heavy (non-hydrogen) atoms. The minimum absolute atomic E-state index is 0.734. The SMILES string of the molecule is CNCCC1CCCCN1Cc1ccn(C)n1. The van der Waals surface area contributed by atoms with Gasteiger partial charge in [-0.25, -0.2) is 0 Å². The number of rotatable bonds is 5. The molecule has 0 aromatic carbocycles. The zero-order chi connectivity index (χ0) is 12.1. The Kier molecular flexibility index (Phi) is 4.57. The second-order valence-corrected chi connectivity index (χ2v) is 4.99. The van der Waals surface area contributed by atoms with Crippen molar-refractivity contribution in [3.05, 3.63) is 18.0 Å². The van der Waals surface area contributed by atoms with Gasteiger partial charge < -0.3 is 5.32 Å². The predicted octanol–water partition coefficient (Wildman–Crippen LogP) is 1.38. The van der Waals surface area contributed by atoms with Crippen LogP contribution >= 0.6 is 0 Å². The summed E-state index contributed by atoms with van der Waals surface area (Å²) >= 11 is 0. The van der Waals surface area contributed by atoms with Gasteiger partial charge in [0.2, 0.25) is 0 Å². The first-order valence-corrected chi connectivity index (χ1v) is 6.67. The lowest BCUT2D eigenvalue weighted by molar-refractivity contribution is 0.130. The lowest BCUT2D eigenvalue weighted by Gasteiger charge is -2.35. The summed E-state index contributed by atoms with van der Waals surface area (Å²) in [7, 11) is 4.02. The summed E-state index contributed by atoms with van der Waals surface area (Å²) < 4.78 is 1.89. The van der Waals surface area contributed by atoms with Gasteiger partial charge in [-0.3, -0.25) is 9.58 Å². The maximum atomic E-state index is 4.48. The molecule has 1 aromatic rings. The third-order valence-corrected chi connectivity index (χ3v) is 3.61. The van der Waals surface area contributed by atoms with Crippen LogP contribution in [0.25, 0.3) is 0 Å². The van der Waals surface area contributed by atoms with Crippen molar-refractivity contribution in [1.82, 2.24) is 20.0 Å². The van der Waals surface area contributed by atoms with Gasteiger partial charge in [-0.1, -0.05) is 6.42 Å². The van der Waals surface area contributed by atoms with E-state index >= 15 is 0 Å². The first kappa shape index (κ1) is 12.6. The second kappa shape index (κ2) is 6.17. The number of hydrogen-bond donors (Lipinski definition) is 1. The Morgan fingerprint density at radius 2 is 2.35 bits per heavy atom. The van der Waals surface area contributed by atoms with Crippen molar-refractivity contribution >= 4 is 0 Å². The maximum absolute atomic E-state index is 4.48. The molecule has 0 aliphatic carbocycles. The molecule has 4 nitrogen and oxygen atoms in total. The number of nitrogens with one attached hydrogen (secondary N) is 1. The lowest BCUT2D eigenvalue weighted by Crippen LogP contribution is -2.40. The normalized spacial score (nSPS) is 21.9. The summed E-state index contributed by atoms with van der Waals surface area (Å²) in [5.74, 6) is 0. The molecule has 0 saturated carbocycles. The Morgan fingerprint density at radius 1 is 1.47 bits per heavy atom. The fourth-order valence-corrected chi connectivity index (χ4v) is 2.66. The van der Waals surface area contributed by atoms with Gasteiger partial charge in [0.1, 0.15) is 0 Å². The first-order chi connectivity index (χ1) is 8.29. The Labute approximate surface area is 104 Å². The molecule has 1 saturated heterocycles. The summed E-state index contributed by atoms with van der Waals surface area (Å²) in [6.07, 6.45) is 7.34. The van der Waals surface area contributed by atoms with E-state index in [0.29, 0.717) is 0 Å². The van der Waals surface area contributed by atoms with Gasteiger partial charge in [0.25, 0.3) is 0 Å². The van der Waals surface area contributed by atoms with Crippen LogP contribution in [0, 0.1) is 0 Å². The van der Waals surface area contributed by atoms with Crippen molar-refractivity contribution in [2.45, 2.75) is 38.3 Å². The molecule has 1 N–H and O–H groups in total. The molecule has 1 aliphatic heterocycles. The van der Waals surface area contributed by atoms with Crippen LogP contribution < -0.4 is 5.32 Å². The van der Waals surface area contributed by atoms with Crippen molar-refractivity contribution < 1.29 is 0 Å². The molecule has 96 valence electrons. The predicted molar refractivity (Wildman–Crippen MR) is 69.8 cm³/mol. The zero-order valence-electron chi connectivity index (χ0n) is 11.0. The number of aromatic nitrogens is 2. The Bertz CT molecular complexity index is 334. The van der Waals surface area contributed by atoms with E-state index in [2.05, 4.69) is 21.4 Å². The first-order valence-electron chi connectivity index (χ1n) is 6.67. The highest BCUT2D eigenvalue weighted by Gasteiger charge is 2.22. The van der Waals surface area contributed by atoms with Gasteiger partial charge in [-0.2, -0.15) is 5.10 Å². The van der Waals surface area contributed by atoms with Crippen molar-refractivity contribution in [1.29, 1.82) is 0 Å². The fraction of sp³-hybridized carbons (Fsp3) is 0.769. The number of likely N-dealkylation sites (tertiary alicyclic amines) is 1. The quantitative estimate of drug-likeness (QED) is 0.838. The van der Waals surface area contributed by atoms with Crippen LogP contribution in [0.2, 0.25) is 0 Å².